The molecule has 0 bridgehead atoms. The fourth-order valence-corrected chi connectivity index (χ4v) is 3.99. The van der Waals surface area contributed by atoms with E-state index in [0.717, 1.165) is 29.3 Å². The van der Waals surface area contributed by atoms with E-state index < -0.39 is 0 Å². The summed E-state index contributed by atoms with van der Waals surface area (Å²) in [5, 5.41) is 0. The molecule has 94 valence electrons. The summed E-state index contributed by atoms with van der Waals surface area (Å²) in [4.78, 5) is 12.8. The third-order valence-corrected chi connectivity index (χ3v) is 5.00. The number of benzene rings is 2. The Morgan fingerprint density at radius 3 is 2.21 bits per heavy atom. The van der Waals surface area contributed by atoms with Crippen molar-refractivity contribution in [1.29, 1.82) is 0 Å². The van der Waals surface area contributed by atoms with Crippen LogP contribution in [0.15, 0.2) is 46.9 Å². The zero-order valence-corrected chi connectivity index (χ0v) is 12.0. The van der Waals surface area contributed by atoms with Gasteiger partial charge in [-0.15, -0.1) is 0 Å². The molecule has 2 aromatic carbocycles. The molecular formula is C17H13BrO. The van der Waals surface area contributed by atoms with Gasteiger partial charge in [0.1, 0.15) is 0 Å². The van der Waals surface area contributed by atoms with Crippen molar-refractivity contribution < 1.29 is 4.79 Å². The minimum atomic E-state index is -0.202. The Hall–Kier alpha value is -1.41. The van der Waals surface area contributed by atoms with Crippen LogP contribution in [0.3, 0.4) is 0 Å². The molecule has 0 N–H and O–H groups in total. The normalized spacial score (nSPS) is 18.7. The van der Waals surface area contributed by atoms with Gasteiger partial charge in [0, 0.05) is 15.5 Å². The average molecular weight is 313 g/mol. The predicted molar refractivity (Wildman–Crippen MR) is 78.5 cm³/mol. The largest absolute Gasteiger partial charge is 0.294 e. The van der Waals surface area contributed by atoms with Crippen LogP contribution in [-0.4, -0.2) is 5.78 Å². The van der Waals surface area contributed by atoms with E-state index in [-0.39, 0.29) is 5.41 Å². The first-order valence-corrected chi connectivity index (χ1v) is 7.37. The average Bonchev–Trinajstić information content (AvgIpc) is 2.90. The number of carbonyl (C=O) groups excluding carboxylic acids is 1. The molecule has 0 saturated heterocycles. The van der Waals surface area contributed by atoms with Crippen molar-refractivity contribution in [3.8, 4) is 0 Å². The lowest BCUT2D eigenvalue weighted by molar-refractivity contribution is 0.0831. The molecule has 0 aromatic heterocycles. The van der Waals surface area contributed by atoms with Crippen LogP contribution >= 0.6 is 15.9 Å². The van der Waals surface area contributed by atoms with Crippen molar-refractivity contribution in [3.05, 3.63) is 69.2 Å². The Balaban J connectivity index is 1.80. The lowest BCUT2D eigenvalue weighted by Crippen LogP contribution is -2.28. The maximum absolute atomic E-state index is 12.8. The number of ketones is 1. The van der Waals surface area contributed by atoms with Crippen LogP contribution in [-0.2, 0) is 19.3 Å². The monoisotopic (exact) mass is 312 g/mol. The van der Waals surface area contributed by atoms with Crippen molar-refractivity contribution in [2.24, 2.45) is 5.41 Å². The molecule has 0 unspecified atom stereocenters. The highest BCUT2D eigenvalue weighted by Gasteiger charge is 2.48. The number of hydrogen-bond donors (Lipinski definition) is 0. The maximum atomic E-state index is 12.8. The topological polar surface area (TPSA) is 17.1 Å². The summed E-state index contributed by atoms with van der Waals surface area (Å²) in [7, 11) is 0. The Bertz CT molecular complexity index is 677. The second kappa shape index (κ2) is 3.80. The SMILES string of the molecule is O=C1c2cc(Br)ccc2CC12Cc1ccccc1C2. The summed E-state index contributed by atoms with van der Waals surface area (Å²) in [6, 6.07) is 14.6. The van der Waals surface area contributed by atoms with Crippen molar-refractivity contribution in [2.45, 2.75) is 19.3 Å². The van der Waals surface area contributed by atoms with Crippen LogP contribution in [0.2, 0.25) is 0 Å². The highest BCUT2D eigenvalue weighted by Crippen LogP contribution is 2.47. The van der Waals surface area contributed by atoms with Gasteiger partial charge in [-0.05, 0) is 48.1 Å². The smallest absolute Gasteiger partial charge is 0.170 e. The molecule has 1 spiro atoms. The summed E-state index contributed by atoms with van der Waals surface area (Å²) in [6.45, 7) is 0. The molecular weight excluding hydrogens is 300 g/mol. The van der Waals surface area contributed by atoms with E-state index in [9.17, 15) is 4.79 Å². The van der Waals surface area contributed by atoms with Crippen LogP contribution in [0, 0.1) is 5.41 Å². The number of fused-ring (bicyclic) bond motifs is 2. The van der Waals surface area contributed by atoms with Crippen molar-refractivity contribution in [2.75, 3.05) is 0 Å². The molecule has 0 atom stereocenters. The second-order valence-electron chi connectivity index (χ2n) is 5.71. The zero-order valence-electron chi connectivity index (χ0n) is 10.4. The highest BCUT2D eigenvalue weighted by atomic mass is 79.9. The summed E-state index contributed by atoms with van der Waals surface area (Å²) in [5.74, 6) is 0.333. The molecule has 2 aliphatic carbocycles. The first-order chi connectivity index (χ1) is 9.18. The molecule has 0 radical (unpaired) electrons. The van der Waals surface area contributed by atoms with E-state index in [1.165, 1.54) is 16.7 Å². The van der Waals surface area contributed by atoms with Gasteiger partial charge in [-0.3, -0.25) is 4.79 Å². The van der Waals surface area contributed by atoms with E-state index in [2.05, 4.69) is 46.3 Å². The zero-order chi connectivity index (χ0) is 13.0. The number of Topliss-reactive ketones (excluding diaryl/α,β-unsaturated/α-hetero) is 1. The lowest BCUT2D eigenvalue weighted by atomic mass is 9.81. The number of hydrogen-bond acceptors (Lipinski definition) is 1. The summed E-state index contributed by atoms with van der Waals surface area (Å²) >= 11 is 3.47. The quantitative estimate of drug-likeness (QED) is 0.719. The van der Waals surface area contributed by atoms with E-state index in [0.29, 0.717) is 5.78 Å². The van der Waals surface area contributed by atoms with Gasteiger partial charge < -0.3 is 0 Å². The molecule has 0 fully saturated rings. The summed E-state index contributed by atoms with van der Waals surface area (Å²) < 4.78 is 0.993. The van der Waals surface area contributed by atoms with Crippen molar-refractivity contribution in [3.63, 3.8) is 0 Å². The van der Waals surface area contributed by atoms with Gasteiger partial charge in [0.25, 0.3) is 0 Å². The van der Waals surface area contributed by atoms with Gasteiger partial charge in [-0.25, -0.2) is 0 Å². The van der Waals surface area contributed by atoms with Gasteiger partial charge in [0.2, 0.25) is 0 Å². The van der Waals surface area contributed by atoms with Crippen LogP contribution in [0.25, 0.3) is 0 Å². The predicted octanol–water partition coefficient (Wildman–Crippen LogP) is 3.97. The third kappa shape index (κ3) is 1.56. The van der Waals surface area contributed by atoms with Crippen LogP contribution in [0.5, 0.6) is 0 Å². The minimum Gasteiger partial charge on any atom is -0.294 e. The minimum absolute atomic E-state index is 0.202. The van der Waals surface area contributed by atoms with Crippen molar-refractivity contribution >= 4 is 21.7 Å². The molecule has 1 nitrogen and oxygen atoms in total. The Labute approximate surface area is 120 Å². The van der Waals surface area contributed by atoms with E-state index in [4.69, 9.17) is 0 Å². The summed E-state index contributed by atoms with van der Waals surface area (Å²) in [5.41, 5.74) is 4.63. The lowest BCUT2D eigenvalue weighted by Gasteiger charge is -2.20. The first-order valence-electron chi connectivity index (χ1n) is 6.58. The standard InChI is InChI=1S/C17H13BrO/c18-14-6-5-13-10-17(16(19)15(13)7-14)8-11-3-1-2-4-12(11)9-17/h1-7H,8-10H2. The van der Waals surface area contributed by atoms with Gasteiger partial charge in [0.15, 0.2) is 5.78 Å². The first kappa shape index (κ1) is 11.4. The maximum Gasteiger partial charge on any atom is 0.170 e. The van der Waals surface area contributed by atoms with Gasteiger partial charge in [-0.2, -0.15) is 0 Å². The molecule has 2 heteroatoms. The number of rotatable bonds is 0. The fraction of sp³-hybridized carbons (Fsp3) is 0.235. The molecule has 19 heavy (non-hydrogen) atoms. The Morgan fingerprint density at radius 1 is 0.895 bits per heavy atom. The van der Waals surface area contributed by atoms with E-state index >= 15 is 0 Å². The Kier molecular flexibility index (Phi) is 2.28. The molecule has 0 aliphatic heterocycles. The van der Waals surface area contributed by atoms with Crippen LogP contribution in [0.4, 0.5) is 0 Å². The Morgan fingerprint density at radius 2 is 1.53 bits per heavy atom. The molecule has 0 heterocycles. The molecule has 0 saturated carbocycles. The molecule has 2 aliphatic rings. The van der Waals surface area contributed by atoms with Gasteiger partial charge >= 0.3 is 0 Å². The van der Waals surface area contributed by atoms with E-state index in [1.807, 2.05) is 12.1 Å². The van der Waals surface area contributed by atoms with E-state index in [1.54, 1.807) is 0 Å². The molecule has 2 aromatic rings. The number of carbonyl (C=O) groups is 1. The molecule has 4 rings (SSSR count). The van der Waals surface area contributed by atoms with Crippen molar-refractivity contribution in [1.82, 2.24) is 0 Å². The second-order valence-corrected chi connectivity index (χ2v) is 6.63. The molecule has 0 amide bonds. The third-order valence-electron chi connectivity index (χ3n) is 4.50. The van der Waals surface area contributed by atoms with Gasteiger partial charge in [-0.1, -0.05) is 46.3 Å². The van der Waals surface area contributed by atoms with Crippen LogP contribution < -0.4 is 0 Å². The number of halogens is 1. The van der Waals surface area contributed by atoms with Crippen LogP contribution in [0.1, 0.15) is 27.0 Å². The summed E-state index contributed by atoms with van der Waals surface area (Å²) in [6.07, 6.45) is 2.69. The van der Waals surface area contributed by atoms with Gasteiger partial charge in [0.05, 0.1) is 0 Å². The fourth-order valence-electron chi connectivity index (χ4n) is 3.62. The highest BCUT2D eigenvalue weighted by molar-refractivity contribution is 9.10.